The molecule has 1 N–H and O–H groups in total. The molecule has 1 aliphatic carbocycles. The maximum Gasteiger partial charge on any atom is 0.127 e. The Labute approximate surface area is 129 Å². The lowest BCUT2D eigenvalue weighted by molar-refractivity contribution is 0.492. The molecule has 110 valence electrons. The van der Waals surface area contributed by atoms with Gasteiger partial charge in [-0.3, -0.25) is 0 Å². The minimum absolute atomic E-state index is 0.111. The van der Waals surface area contributed by atoms with Gasteiger partial charge in [0.25, 0.3) is 0 Å². The maximum absolute atomic E-state index is 14.0. The molecule has 0 saturated heterocycles. The number of benzene rings is 1. The summed E-state index contributed by atoms with van der Waals surface area (Å²) in [6.45, 7) is 3.04. The largest absolute Gasteiger partial charge is 0.314 e. The highest BCUT2D eigenvalue weighted by molar-refractivity contribution is 9.10. The van der Waals surface area contributed by atoms with Gasteiger partial charge in [-0.15, -0.1) is 0 Å². The zero-order chi connectivity index (χ0) is 14.4. The first-order valence-corrected chi connectivity index (χ1v) is 8.33. The second-order valence-corrected chi connectivity index (χ2v) is 6.42. The normalized spacial score (nSPS) is 16.9. The topological polar surface area (TPSA) is 12.0 Å². The van der Waals surface area contributed by atoms with Crippen molar-refractivity contribution < 1.29 is 4.39 Å². The molecule has 0 aliphatic heterocycles. The second kappa shape index (κ2) is 7.94. The minimum atomic E-state index is -0.111. The highest BCUT2D eigenvalue weighted by Gasteiger charge is 2.15. The third-order valence-electron chi connectivity index (χ3n) is 3.87. The van der Waals surface area contributed by atoms with Crippen molar-refractivity contribution in [3.8, 4) is 0 Å². The van der Waals surface area contributed by atoms with Gasteiger partial charge < -0.3 is 5.32 Å². The molecule has 0 amide bonds. The fourth-order valence-corrected chi connectivity index (χ4v) is 3.20. The number of likely N-dealkylation sites (N-methyl/N-ethyl adjacent to an activating group) is 1. The van der Waals surface area contributed by atoms with Gasteiger partial charge in [-0.1, -0.05) is 40.6 Å². The molecule has 0 aromatic heterocycles. The summed E-state index contributed by atoms with van der Waals surface area (Å²) in [5.41, 5.74) is 2.34. The van der Waals surface area contributed by atoms with Gasteiger partial charge in [0.2, 0.25) is 0 Å². The van der Waals surface area contributed by atoms with Crippen LogP contribution in [-0.2, 0) is 6.42 Å². The Balaban J connectivity index is 2.02. The van der Waals surface area contributed by atoms with Crippen LogP contribution in [0, 0.1) is 5.82 Å². The predicted molar refractivity (Wildman–Crippen MR) is 86.4 cm³/mol. The number of allylic oxidation sites excluding steroid dienone is 1. The van der Waals surface area contributed by atoms with Crippen molar-refractivity contribution in [2.24, 2.45) is 0 Å². The van der Waals surface area contributed by atoms with Gasteiger partial charge in [0.05, 0.1) is 0 Å². The van der Waals surface area contributed by atoms with E-state index in [-0.39, 0.29) is 5.82 Å². The van der Waals surface area contributed by atoms with E-state index in [1.165, 1.54) is 25.7 Å². The monoisotopic (exact) mass is 339 g/mol. The molecule has 0 heterocycles. The zero-order valence-electron chi connectivity index (χ0n) is 12.1. The summed E-state index contributed by atoms with van der Waals surface area (Å²) in [6.07, 6.45) is 9.22. The van der Waals surface area contributed by atoms with E-state index in [0.29, 0.717) is 6.04 Å². The van der Waals surface area contributed by atoms with Crippen molar-refractivity contribution in [2.75, 3.05) is 6.54 Å². The molecular weight excluding hydrogens is 317 g/mol. The molecule has 1 aromatic carbocycles. The molecule has 1 aromatic rings. The average Bonchev–Trinajstić information content (AvgIpc) is 2.43. The maximum atomic E-state index is 14.0. The van der Waals surface area contributed by atoms with E-state index in [1.54, 1.807) is 11.6 Å². The predicted octanol–water partition coefficient (Wildman–Crippen LogP) is 5.00. The Hall–Kier alpha value is -0.670. The molecule has 0 fully saturated rings. The molecule has 2 rings (SSSR count). The van der Waals surface area contributed by atoms with Crippen LogP contribution in [0.5, 0.6) is 0 Å². The van der Waals surface area contributed by atoms with Crippen LogP contribution in [0.4, 0.5) is 4.39 Å². The van der Waals surface area contributed by atoms with Gasteiger partial charge in [0.15, 0.2) is 0 Å². The quantitative estimate of drug-likeness (QED) is 0.719. The van der Waals surface area contributed by atoms with Crippen LogP contribution in [0.1, 0.15) is 44.6 Å². The first-order valence-electron chi connectivity index (χ1n) is 7.54. The third kappa shape index (κ3) is 4.71. The molecule has 1 unspecified atom stereocenters. The van der Waals surface area contributed by atoms with Crippen LogP contribution in [-0.4, -0.2) is 12.6 Å². The molecule has 3 heteroatoms. The lowest BCUT2D eigenvalue weighted by atomic mass is 9.91. The SMILES string of the molecule is CCNC(CC1=CCCCC1)Cc1ccc(Br)cc1F. The number of rotatable bonds is 6. The standard InChI is InChI=1S/C17H23BrFN/c1-2-20-16(10-13-6-4-3-5-7-13)11-14-8-9-15(18)12-17(14)19/h6,8-9,12,16,20H,2-5,7,10-11H2,1H3. The summed E-state index contributed by atoms with van der Waals surface area (Å²) in [7, 11) is 0. The number of halogens is 2. The van der Waals surface area contributed by atoms with Gasteiger partial charge >= 0.3 is 0 Å². The fourth-order valence-electron chi connectivity index (χ4n) is 2.86. The first-order chi connectivity index (χ1) is 9.69. The molecule has 1 nitrogen and oxygen atoms in total. The smallest absolute Gasteiger partial charge is 0.127 e. The van der Waals surface area contributed by atoms with Crippen molar-refractivity contribution in [1.29, 1.82) is 0 Å². The fraction of sp³-hybridized carbons (Fsp3) is 0.529. The highest BCUT2D eigenvalue weighted by Crippen LogP contribution is 2.23. The van der Waals surface area contributed by atoms with Gasteiger partial charge in [-0.05, 0) is 62.8 Å². The van der Waals surface area contributed by atoms with Crippen molar-refractivity contribution in [1.82, 2.24) is 5.32 Å². The number of hydrogen-bond donors (Lipinski definition) is 1. The van der Waals surface area contributed by atoms with Gasteiger partial charge in [0.1, 0.15) is 5.82 Å². The van der Waals surface area contributed by atoms with E-state index in [9.17, 15) is 4.39 Å². The first kappa shape index (κ1) is 15.7. The summed E-state index contributed by atoms with van der Waals surface area (Å²) >= 11 is 3.31. The molecule has 0 spiro atoms. The number of nitrogens with one attached hydrogen (secondary N) is 1. The zero-order valence-corrected chi connectivity index (χ0v) is 13.7. The Bertz CT molecular complexity index is 470. The summed E-state index contributed by atoms with van der Waals surface area (Å²) in [5, 5.41) is 3.50. The van der Waals surface area contributed by atoms with Crippen LogP contribution in [0.25, 0.3) is 0 Å². The third-order valence-corrected chi connectivity index (χ3v) is 4.36. The van der Waals surface area contributed by atoms with Gasteiger partial charge in [-0.2, -0.15) is 0 Å². The van der Waals surface area contributed by atoms with Crippen LogP contribution in [0.15, 0.2) is 34.3 Å². The van der Waals surface area contributed by atoms with E-state index < -0.39 is 0 Å². The van der Waals surface area contributed by atoms with Crippen molar-refractivity contribution in [3.63, 3.8) is 0 Å². The van der Waals surface area contributed by atoms with E-state index in [0.717, 1.165) is 29.4 Å². The van der Waals surface area contributed by atoms with Gasteiger partial charge in [0, 0.05) is 10.5 Å². The minimum Gasteiger partial charge on any atom is -0.314 e. The van der Waals surface area contributed by atoms with Crippen molar-refractivity contribution in [2.45, 2.75) is 51.5 Å². The Morgan fingerprint density at radius 3 is 2.80 bits per heavy atom. The summed E-state index contributed by atoms with van der Waals surface area (Å²) in [4.78, 5) is 0. The van der Waals surface area contributed by atoms with E-state index in [4.69, 9.17) is 0 Å². The van der Waals surface area contributed by atoms with Crippen LogP contribution in [0.2, 0.25) is 0 Å². The van der Waals surface area contributed by atoms with Crippen molar-refractivity contribution in [3.05, 3.63) is 45.7 Å². The Morgan fingerprint density at radius 1 is 1.30 bits per heavy atom. The van der Waals surface area contributed by atoms with E-state index in [1.807, 2.05) is 12.1 Å². The molecule has 0 bridgehead atoms. The Morgan fingerprint density at radius 2 is 2.15 bits per heavy atom. The summed E-state index contributed by atoms with van der Waals surface area (Å²) in [5.74, 6) is -0.111. The molecule has 0 saturated carbocycles. The number of hydrogen-bond acceptors (Lipinski definition) is 1. The van der Waals surface area contributed by atoms with E-state index >= 15 is 0 Å². The van der Waals surface area contributed by atoms with E-state index in [2.05, 4.69) is 34.2 Å². The lowest BCUT2D eigenvalue weighted by Crippen LogP contribution is -2.32. The molecular formula is C17H23BrFN. The van der Waals surface area contributed by atoms with Crippen LogP contribution >= 0.6 is 15.9 Å². The van der Waals surface area contributed by atoms with Crippen molar-refractivity contribution >= 4 is 15.9 Å². The molecule has 1 aliphatic rings. The molecule has 0 radical (unpaired) electrons. The Kier molecular flexibility index (Phi) is 6.24. The summed E-state index contributed by atoms with van der Waals surface area (Å²) < 4.78 is 14.8. The summed E-state index contributed by atoms with van der Waals surface area (Å²) in [6, 6.07) is 5.69. The average molecular weight is 340 g/mol. The van der Waals surface area contributed by atoms with Crippen LogP contribution in [0.3, 0.4) is 0 Å². The highest BCUT2D eigenvalue weighted by atomic mass is 79.9. The molecule has 20 heavy (non-hydrogen) atoms. The molecule has 1 atom stereocenters. The second-order valence-electron chi connectivity index (χ2n) is 5.51. The lowest BCUT2D eigenvalue weighted by Gasteiger charge is -2.22. The van der Waals surface area contributed by atoms with Gasteiger partial charge in [-0.25, -0.2) is 4.39 Å². The van der Waals surface area contributed by atoms with Crippen LogP contribution < -0.4 is 5.32 Å².